The molecule has 1 aliphatic rings. The number of amides is 1. The van der Waals surface area contributed by atoms with Gasteiger partial charge in [0.05, 0.1) is 0 Å². The molecule has 1 heterocycles. The van der Waals surface area contributed by atoms with E-state index in [0.717, 1.165) is 25.7 Å². The molecule has 0 aromatic carbocycles. The van der Waals surface area contributed by atoms with Crippen molar-refractivity contribution in [2.45, 2.75) is 78.4 Å². The third kappa shape index (κ3) is 4.71. The van der Waals surface area contributed by atoms with E-state index >= 15 is 0 Å². The second-order valence-electron chi connectivity index (χ2n) is 6.93. The number of aromatic nitrogens is 1. The molecule has 1 aromatic heterocycles. The zero-order valence-electron chi connectivity index (χ0n) is 15.5. The Balaban J connectivity index is 1.98. The third-order valence-corrected chi connectivity index (χ3v) is 4.85. The minimum Gasteiger partial charge on any atom is -0.448 e. The lowest BCUT2D eigenvalue weighted by Gasteiger charge is -2.19. The Bertz CT molecular complexity index is 655. The molecule has 0 bridgehead atoms. The number of ketones is 1. The molecular formula is C19H28N2O4. The maximum absolute atomic E-state index is 12.4. The summed E-state index contributed by atoms with van der Waals surface area (Å²) in [6.45, 7) is 6.47. The Morgan fingerprint density at radius 2 is 1.72 bits per heavy atom. The molecule has 0 radical (unpaired) electrons. The highest BCUT2D eigenvalue weighted by atomic mass is 16.5. The third-order valence-electron chi connectivity index (χ3n) is 4.85. The van der Waals surface area contributed by atoms with E-state index in [2.05, 4.69) is 10.3 Å². The average molecular weight is 348 g/mol. The Morgan fingerprint density at radius 3 is 2.24 bits per heavy atom. The molecule has 0 spiro atoms. The Morgan fingerprint density at radius 1 is 1.12 bits per heavy atom. The van der Waals surface area contributed by atoms with Crippen molar-refractivity contribution in [3.63, 3.8) is 0 Å². The van der Waals surface area contributed by atoms with Gasteiger partial charge in [-0.3, -0.25) is 9.59 Å². The van der Waals surface area contributed by atoms with Gasteiger partial charge in [0.1, 0.15) is 5.69 Å². The summed E-state index contributed by atoms with van der Waals surface area (Å²) >= 11 is 0. The van der Waals surface area contributed by atoms with Crippen LogP contribution in [0.2, 0.25) is 0 Å². The van der Waals surface area contributed by atoms with Gasteiger partial charge in [-0.1, -0.05) is 25.7 Å². The first kappa shape index (κ1) is 19.2. The van der Waals surface area contributed by atoms with Gasteiger partial charge >= 0.3 is 5.97 Å². The fourth-order valence-electron chi connectivity index (χ4n) is 3.50. The second-order valence-corrected chi connectivity index (χ2v) is 6.93. The van der Waals surface area contributed by atoms with Crippen LogP contribution in [0.1, 0.15) is 84.5 Å². The van der Waals surface area contributed by atoms with E-state index in [0.29, 0.717) is 16.8 Å². The van der Waals surface area contributed by atoms with Crippen molar-refractivity contribution in [1.29, 1.82) is 0 Å². The van der Waals surface area contributed by atoms with E-state index in [9.17, 15) is 14.4 Å². The summed E-state index contributed by atoms with van der Waals surface area (Å²) in [5.41, 5.74) is 1.93. The van der Waals surface area contributed by atoms with Gasteiger partial charge in [0.2, 0.25) is 0 Å². The summed E-state index contributed by atoms with van der Waals surface area (Å²) in [5.74, 6) is -0.992. The molecule has 1 aliphatic carbocycles. The average Bonchev–Trinajstić information content (AvgIpc) is 2.71. The summed E-state index contributed by atoms with van der Waals surface area (Å²) in [6.07, 6.45) is 5.73. The lowest BCUT2D eigenvalue weighted by atomic mass is 10.1. The van der Waals surface area contributed by atoms with E-state index in [1.165, 1.54) is 19.8 Å². The van der Waals surface area contributed by atoms with Crippen molar-refractivity contribution < 1.29 is 19.1 Å². The lowest BCUT2D eigenvalue weighted by molar-refractivity contribution is -0.129. The number of esters is 1. The van der Waals surface area contributed by atoms with Crippen LogP contribution < -0.4 is 5.32 Å². The van der Waals surface area contributed by atoms with Crippen molar-refractivity contribution in [3.05, 3.63) is 22.5 Å². The molecule has 1 saturated carbocycles. The summed E-state index contributed by atoms with van der Waals surface area (Å²) in [5, 5.41) is 2.98. The van der Waals surface area contributed by atoms with Crippen molar-refractivity contribution in [1.82, 2.24) is 10.3 Å². The van der Waals surface area contributed by atoms with Gasteiger partial charge in [0, 0.05) is 17.3 Å². The number of nitrogens with one attached hydrogen (secondary N) is 2. The van der Waals surface area contributed by atoms with Crippen LogP contribution in [-0.4, -0.2) is 34.8 Å². The summed E-state index contributed by atoms with van der Waals surface area (Å²) < 4.78 is 5.31. The van der Waals surface area contributed by atoms with Crippen LogP contribution in [0.4, 0.5) is 0 Å². The molecule has 1 fully saturated rings. The molecule has 1 aromatic rings. The highest BCUT2D eigenvalue weighted by Gasteiger charge is 2.26. The number of aromatic amines is 1. The molecule has 0 saturated heterocycles. The quantitative estimate of drug-likeness (QED) is 0.486. The fraction of sp³-hybridized carbons (Fsp3) is 0.632. The van der Waals surface area contributed by atoms with Crippen LogP contribution in [0.3, 0.4) is 0 Å². The number of Topliss-reactive ketones (excluding diaryl/α,β-unsaturated/α-hetero) is 1. The van der Waals surface area contributed by atoms with Gasteiger partial charge in [-0.05, 0) is 46.1 Å². The van der Waals surface area contributed by atoms with Crippen LogP contribution in [0.15, 0.2) is 0 Å². The predicted molar refractivity (Wildman–Crippen MR) is 94.8 cm³/mol. The molecule has 6 nitrogen and oxygen atoms in total. The first-order valence-corrected chi connectivity index (χ1v) is 9.02. The second kappa shape index (κ2) is 8.32. The Kier molecular flexibility index (Phi) is 6.39. The van der Waals surface area contributed by atoms with Crippen molar-refractivity contribution in [2.24, 2.45) is 0 Å². The molecule has 0 aliphatic heterocycles. The number of H-pyrrole nitrogens is 1. The van der Waals surface area contributed by atoms with Crippen molar-refractivity contribution in [2.75, 3.05) is 0 Å². The maximum atomic E-state index is 12.4. The van der Waals surface area contributed by atoms with E-state index in [-0.39, 0.29) is 23.4 Å². The van der Waals surface area contributed by atoms with Crippen molar-refractivity contribution in [3.8, 4) is 0 Å². The fourth-order valence-corrected chi connectivity index (χ4v) is 3.50. The molecule has 1 amide bonds. The molecular weight excluding hydrogens is 320 g/mol. The molecule has 2 rings (SSSR count). The van der Waals surface area contributed by atoms with Crippen LogP contribution in [0.25, 0.3) is 0 Å². The molecule has 138 valence electrons. The normalized spacial score (nSPS) is 16.8. The summed E-state index contributed by atoms with van der Waals surface area (Å²) in [7, 11) is 0. The van der Waals surface area contributed by atoms with Gasteiger partial charge in [-0.2, -0.15) is 0 Å². The highest BCUT2D eigenvalue weighted by Crippen LogP contribution is 2.20. The Hall–Kier alpha value is -2.11. The molecule has 2 N–H and O–H groups in total. The monoisotopic (exact) mass is 348 g/mol. The van der Waals surface area contributed by atoms with E-state index in [1.54, 1.807) is 20.8 Å². The van der Waals surface area contributed by atoms with Crippen LogP contribution >= 0.6 is 0 Å². The van der Waals surface area contributed by atoms with E-state index in [4.69, 9.17) is 4.74 Å². The minimum atomic E-state index is -0.875. The number of ether oxygens (including phenoxy) is 1. The first-order valence-electron chi connectivity index (χ1n) is 9.02. The van der Waals surface area contributed by atoms with Gasteiger partial charge in [0.15, 0.2) is 11.9 Å². The smallest absolute Gasteiger partial charge is 0.355 e. The standard InChI is InChI=1S/C19H28N2O4/c1-11-16(13(3)22)12(2)20-17(11)19(24)25-14(4)18(23)21-15-9-7-5-6-8-10-15/h14-15,20H,5-10H2,1-4H3,(H,21,23)/t14-/m0/s1. The largest absolute Gasteiger partial charge is 0.448 e. The zero-order valence-corrected chi connectivity index (χ0v) is 15.5. The SMILES string of the molecule is CC(=O)c1c(C)[nH]c(C(=O)O[C@@H](C)C(=O)NC2CCCCCC2)c1C. The number of hydrogen-bond donors (Lipinski definition) is 2. The Labute approximate surface area is 148 Å². The maximum Gasteiger partial charge on any atom is 0.355 e. The number of carbonyl (C=O) groups is 3. The predicted octanol–water partition coefficient (Wildman–Crippen LogP) is 3.22. The van der Waals surface area contributed by atoms with E-state index < -0.39 is 12.1 Å². The summed E-state index contributed by atoms with van der Waals surface area (Å²) in [4.78, 5) is 39.2. The van der Waals surface area contributed by atoms with E-state index in [1.807, 2.05) is 0 Å². The van der Waals surface area contributed by atoms with Crippen molar-refractivity contribution >= 4 is 17.7 Å². The lowest BCUT2D eigenvalue weighted by Crippen LogP contribution is -2.41. The van der Waals surface area contributed by atoms with Gasteiger partial charge in [0.25, 0.3) is 5.91 Å². The molecule has 25 heavy (non-hydrogen) atoms. The van der Waals surface area contributed by atoms with Crippen LogP contribution in [0.5, 0.6) is 0 Å². The van der Waals surface area contributed by atoms with Gasteiger partial charge in [-0.15, -0.1) is 0 Å². The number of carbonyl (C=O) groups excluding carboxylic acids is 3. The first-order chi connectivity index (χ1) is 11.8. The highest BCUT2D eigenvalue weighted by molar-refractivity contribution is 6.01. The molecule has 1 atom stereocenters. The molecule has 0 unspecified atom stereocenters. The van der Waals surface area contributed by atoms with Gasteiger partial charge < -0.3 is 15.0 Å². The minimum absolute atomic E-state index is 0.107. The number of rotatable bonds is 5. The topological polar surface area (TPSA) is 88.3 Å². The van der Waals surface area contributed by atoms with Crippen LogP contribution in [-0.2, 0) is 9.53 Å². The van der Waals surface area contributed by atoms with Crippen LogP contribution in [0, 0.1) is 13.8 Å². The van der Waals surface area contributed by atoms with Gasteiger partial charge in [-0.25, -0.2) is 4.79 Å². The number of aryl methyl sites for hydroxylation is 1. The number of hydrogen-bond acceptors (Lipinski definition) is 4. The summed E-state index contributed by atoms with van der Waals surface area (Å²) in [6, 6.07) is 0.162. The zero-order chi connectivity index (χ0) is 18.6. The molecule has 6 heteroatoms.